The highest BCUT2D eigenvalue weighted by Gasteiger charge is 2.40. The van der Waals surface area contributed by atoms with Gasteiger partial charge in [-0.15, -0.1) is 0 Å². The van der Waals surface area contributed by atoms with Gasteiger partial charge in [0.05, 0.1) is 23.4 Å². The summed E-state index contributed by atoms with van der Waals surface area (Å²) < 4.78 is 16.1. The normalized spacial score (nSPS) is 22.1. The molecule has 2 atom stereocenters. The second-order valence-electron chi connectivity index (χ2n) is 8.84. The standard InChI is InChI=1S/C24H24FN7O/c1-31-24(27-13-28-31)21-22(15-5-3-14(4-6-15)12-32-7-2-8-32)30-29-18-10-16(25)9-17-19(33)11-26-23(21)20(17)18/h3-6,9-10,13,21-22,29-30H,2,7-8,11-12H2,1H3. The van der Waals surface area contributed by atoms with Crippen LogP contribution in [0.15, 0.2) is 47.7 Å². The van der Waals surface area contributed by atoms with Gasteiger partial charge in [-0.25, -0.2) is 14.8 Å². The zero-order chi connectivity index (χ0) is 22.5. The second-order valence-corrected chi connectivity index (χ2v) is 8.84. The van der Waals surface area contributed by atoms with Gasteiger partial charge in [-0.1, -0.05) is 24.3 Å². The van der Waals surface area contributed by atoms with E-state index in [0.29, 0.717) is 22.5 Å². The summed E-state index contributed by atoms with van der Waals surface area (Å²) in [5, 5.41) is 4.28. The number of halogens is 1. The molecule has 6 rings (SSSR count). The van der Waals surface area contributed by atoms with Gasteiger partial charge < -0.3 is 5.43 Å². The summed E-state index contributed by atoms with van der Waals surface area (Å²) in [5.74, 6) is -0.265. The number of carbonyl (C=O) groups excluding carboxylic acids is 1. The molecule has 2 unspecified atom stereocenters. The van der Waals surface area contributed by atoms with Crippen LogP contribution in [0.4, 0.5) is 10.1 Å². The molecule has 0 aliphatic carbocycles. The third-order valence-electron chi connectivity index (χ3n) is 6.76. The van der Waals surface area contributed by atoms with E-state index in [2.05, 4.69) is 55.1 Å². The minimum atomic E-state index is -0.461. The zero-order valence-corrected chi connectivity index (χ0v) is 18.3. The predicted octanol–water partition coefficient (Wildman–Crippen LogP) is 2.60. The maximum absolute atomic E-state index is 14.3. The van der Waals surface area contributed by atoms with Gasteiger partial charge >= 0.3 is 0 Å². The van der Waals surface area contributed by atoms with Crippen molar-refractivity contribution in [2.45, 2.75) is 24.9 Å². The molecule has 0 spiro atoms. The van der Waals surface area contributed by atoms with Gasteiger partial charge in [0.15, 0.2) is 5.78 Å². The molecule has 0 bridgehead atoms. The molecule has 1 aromatic heterocycles. The summed E-state index contributed by atoms with van der Waals surface area (Å²) in [6.07, 6.45) is 2.78. The molecular formula is C24H24FN7O. The van der Waals surface area contributed by atoms with E-state index in [1.165, 1.54) is 30.4 Å². The third-order valence-corrected chi connectivity index (χ3v) is 6.76. The largest absolute Gasteiger partial charge is 0.320 e. The van der Waals surface area contributed by atoms with E-state index in [-0.39, 0.29) is 24.3 Å². The fourth-order valence-electron chi connectivity index (χ4n) is 4.94. The van der Waals surface area contributed by atoms with Crippen LogP contribution in [0.3, 0.4) is 0 Å². The maximum Gasteiger partial charge on any atom is 0.185 e. The van der Waals surface area contributed by atoms with E-state index in [1.807, 2.05) is 7.05 Å². The van der Waals surface area contributed by atoms with Gasteiger partial charge in [-0.2, -0.15) is 5.10 Å². The molecule has 3 aromatic rings. The Morgan fingerprint density at radius 3 is 2.70 bits per heavy atom. The molecule has 2 aromatic carbocycles. The Balaban J connectivity index is 1.45. The van der Waals surface area contributed by atoms with E-state index in [4.69, 9.17) is 0 Å². The summed E-state index contributed by atoms with van der Waals surface area (Å²) in [6, 6.07) is 11.0. The first-order valence-corrected chi connectivity index (χ1v) is 11.2. The Morgan fingerprint density at radius 1 is 1.18 bits per heavy atom. The van der Waals surface area contributed by atoms with Gasteiger partial charge in [0.1, 0.15) is 24.5 Å². The molecule has 1 fully saturated rings. The van der Waals surface area contributed by atoms with E-state index in [1.54, 1.807) is 4.68 Å². The quantitative estimate of drug-likeness (QED) is 0.642. The summed E-state index contributed by atoms with van der Waals surface area (Å²) in [5.41, 5.74) is 11.0. The number of aryl methyl sites for hydroxylation is 1. The maximum atomic E-state index is 14.3. The molecule has 9 heteroatoms. The SMILES string of the molecule is Cn1ncnc1C1C2=NCC(=O)c3cc(F)cc(c32)NNC1c1ccc(CN2CCC2)cc1. The van der Waals surface area contributed by atoms with Crippen LogP contribution >= 0.6 is 0 Å². The highest BCUT2D eigenvalue weighted by molar-refractivity contribution is 6.20. The van der Waals surface area contributed by atoms with Crippen molar-refractivity contribution in [2.24, 2.45) is 12.0 Å². The van der Waals surface area contributed by atoms with Crippen LogP contribution in [-0.2, 0) is 13.6 Å². The van der Waals surface area contributed by atoms with Gasteiger partial charge in [0.2, 0.25) is 0 Å². The van der Waals surface area contributed by atoms with Crippen molar-refractivity contribution in [1.82, 2.24) is 25.1 Å². The molecule has 8 nitrogen and oxygen atoms in total. The zero-order valence-electron chi connectivity index (χ0n) is 18.3. The first-order chi connectivity index (χ1) is 16.1. The number of nitrogens with one attached hydrogen (secondary N) is 2. The Kier molecular flexibility index (Phi) is 4.81. The lowest BCUT2D eigenvalue weighted by Gasteiger charge is -2.31. The Morgan fingerprint density at radius 2 is 2.00 bits per heavy atom. The van der Waals surface area contributed by atoms with Gasteiger partial charge in [-0.3, -0.25) is 19.4 Å². The molecule has 2 N–H and O–H groups in total. The summed E-state index contributed by atoms with van der Waals surface area (Å²) in [6.45, 7) is 3.24. The molecule has 0 radical (unpaired) electrons. The number of likely N-dealkylation sites (tertiary alicyclic amines) is 1. The van der Waals surface area contributed by atoms with Crippen molar-refractivity contribution < 1.29 is 9.18 Å². The smallest absolute Gasteiger partial charge is 0.185 e. The number of aliphatic imine (C=N–C) groups is 1. The van der Waals surface area contributed by atoms with Gasteiger partial charge in [0, 0.05) is 24.7 Å². The number of hydrogen-bond donors (Lipinski definition) is 2. The monoisotopic (exact) mass is 445 g/mol. The van der Waals surface area contributed by atoms with Gasteiger partial charge in [-0.05, 0) is 42.8 Å². The molecule has 0 saturated carbocycles. The highest BCUT2D eigenvalue weighted by atomic mass is 19.1. The number of rotatable bonds is 4. The van der Waals surface area contributed by atoms with Crippen molar-refractivity contribution in [1.29, 1.82) is 0 Å². The Bertz CT molecular complexity index is 1260. The lowest BCUT2D eigenvalue weighted by atomic mass is 9.82. The number of nitrogens with zero attached hydrogens (tertiary/aromatic N) is 5. The average molecular weight is 446 g/mol. The lowest BCUT2D eigenvalue weighted by molar-refractivity contribution is 0.0999. The minimum Gasteiger partial charge on any atom is -0.320 e. The molecular weight excluding hydrogens is 421 g/mol. The van der Waals surface area contributed by atoms with Crippen LogP contribution in [0.5, 0.6) is 0 Å². The van der Waals surface area contributed by atoms with E-state index in [9.17, 15) is 9.18 Å². The van der Waals surface area contributed by atoms with Crippen LogP contribution < -0.4 is 10.9 Å². The Labute approximate surface area is 190 Å². The average Bonchev–Trinajstić information content (AvgIpc) is 3.13. The number of hydrogen-bond acceptors (Lipinski definition) is 7. The minimum absolute atomic E-state index is 0.0128. The van der Waals surface area contributed by atoms with Crippen LogP contribution in [0, 0.1) is 5.82 Å². The molecule has 0 amide bonds. The lowest BCUT2D eigenvalue weighted by Crippen LogP contribution is -2.36. The first kappa shape index (κ1) is 20.2. The van der Waals surface area contributed by atoms with Crippen molar-refractivity contribution in [3.63, 3.8) is 0 Å². The predicted molar refractivity (Wildman–Crippen MR) is 122 cm³/mol. The van der Waals surface area contributed by atoms with Crippen LogP contribution in [0.1, 0.15) is 51.3 Å². The van der Waals surface area contributed by atoms with Crippen LogP contribution in [0.2, 0.25) is 0 Å². The van der Waals surface area contributed by atoms with Crippen molar-refractivity contribution in [3.05, 3.63) is 76.6 Å². The molecule has 33 heavy (non-hydrogen) atoms. The number of anilines is 1. The second kappa shape index (κ2) is 7.86. The molecule has 3 aliphatic rings. The highest BCUT2D eigenvalue weighted by Crippen LogP contribution is 2.40. The first-order valence-electron chi connectivity index (χ1n) is 11.2. The number of benzene rings is 2. The number of carbonyl (C=O) groups is 1. The van der Waals surface area contributed by atoms with Crippen LogP contribution in [0.25, 0.3) is 0 Å². The summed E-state index contributed by atoms with van der Waals surface area (Å²) in [4.78, 5) is 24.2. The molecule has 168 valence electrons. The fourth-order valence-corrected chi connectivity index (χ4v) is 4.94. The van der Waals surface area contributed by atoms with E-state index in [0.717, 1.165) is 31.0 Å². The Hall–Kier alpha value is -3.43. The summed E-state index contributed by atoms with van der Waals surface area (Å²) >= 11 is 0. The number of hydrazine groups is 1. The number of ketones is 1. The van der Waals surface area contributed by atoms with Gasteiger partial charge in [0.25, 0.3) is 0 Å². The van der Waals surface area contributed by atoms with Crippen LogP contribution in [-0.4, -0.2) is 50.8 Å². The number of Topliss-reactive ketones (excluding diaryl/α,β-unsaturated/α-hetero) is 1. The van der Waals surface area contributed by atoms with E-state index < -0.39 is 5.82 Å². The fraction of sp³-hybridized carbons (Fsp3) is 0.333. The van der Waals surface area contributed by atoms with Crippen molar-refractivity contribution in [2.75, 3.05) is 25.1 Å². The van der Waals surface area contributed by atoms with Crippen molar-refractivity contribution >= 4 is 17.2 Å². The van der Waals surface area contributed by atoms with Crippen molar-refractivity contribution in [3.8, 4) is 0 Å². The molecule has 4 heterocycles. The third kappa shape index (κ3) is 3.44. The summed E-state index contributed by atoms with van der Waals surface area (Å²) in [7, 11) is 1.84. The van der Waals surface area contributed by atoms with E-state index >= 15 is 0 Å². The topological polar surface area (TPSA) is 87.4 Å². The number of aromatic nitrogens is 3. The molecule has 3 aliphatic heterocycles. The molecule has 1 saturated heterocycles.